The summed E-state index contributed by atoms with van der Waals surface area (Å²) in [6, 6.07) is -0.820. The molecule has 0 aromatic carbocycles. The SMILES string of the molecule is NC(CCCN=CNNO)C(=O)O. The first-order valence-corrected chi connectivity index (χ1v) is 3.79. The number of carboxylic acid groups (broad SMARTS) is 1. The fourth-order valence-corrected chi connectivity index (χ4v) is 0.665. The second-order valence-electron chi connectivity index (χ2n) is 2.38. The van der Waals surface area contributed by atoms with Crippen molar-refractivity contribution in [2.24, 2.45) is 10.7 Å². The Morgan fingerprint density at radius 2 is 2.38 bits per heavy atom. The first kappa shape index (κ1) is 11.8. The summed E-state index contributed by atoms with van der Waals surface area (Å²) in [5.41, 5.74) is 9.13. The van der Waals surface area contributed by atoms with E-state index in [0.29, 0.717) is 19.4 Å². The molecule has 1 unspecified atom stereocenters. The average molecular weight is 190 g/mol. The summed E-state index contributed by atoms with van der Waals surface area (Å²) in [6.45, 7) is 0.468. The zero-order chi connectivity index (χ0) is 10.1. The fraction of sp³-hybridized carbons (Fsp3) is 0.667. The molecular weight excluding hydrogens is 176 g/mol. The van der Waals surface area contributed by atoms with E-state index >= 15 is 0 Å². The Balaban J connectivity index is 3.30. The minimum atomic E-state index is -1.00. The highest BCUT2D eigenvalue weighted by Crippen LogP contribution is 1.94. The van der Waals surface area contributed by atoms with Crippen LogP contribution in [-0.2, 0) is 4.79 Å². The Bertz CT molecular complexity index is 173. The normalized spacial score (nSPS) is 13.1. The van der Waals surface area contributed by atoms with Crippen molar-refractivity contribution >= 4 is 12.3 Å². The summed E-state index contributed by atoms with van der Waals surface area (Å²) >= 11 is 0. The van der Waals surface area contributed by atoms with E-state index < -0.39 is 12.0 Å². The van der Waals surface area contributed by atoms with Crippen LogP contribution in [-0.4, -0.2) is 35.2 Å². The van der Waals surface area contributed by atoms with Crippen molar-refractivity contribution in [1.82, 2.24) is 11.0 Å². The zero-order valence-corrected chi connectivity index (χ0v) is 7.10. The topological polar surface area (TPSA) is 120 Å². The van der Waals surface area contributed by atoms with Crippen molar-refractivity contribution in [3.05, 3.63) is 0 Å². The summed E-state index contributed by atoms with van der Waals surface area (Å²) in [4.78, 5) is 14.0. The summed E-state index contributed by atoms with van der Waals surface area (Å²) in [7, 11) is 0. The lowest BCUT2D eigenvalue weighted by atomic mass is 10.2. The van der Waals surface area contributed by atoms with Crippen molar-refractivity contribution in [2.75, 3.05) is 6.54 Å². The van der Waals surface area contributed by atoms with Gasteiger partial charge in [-0.05, 0) is 12.8 Å². The number of aliphatic imine (C=N–C) groups is 1. The first-order chi connectivity index (χ1) is 6.18. The first-order valence-electron chi connectivity index (χ1n) is 3.79. The Morgan fingerprint density at radius 3 is 2.92 bits per heavy atom. The quantitative estimate of drug-likeness (QED) is 0.147. The van der Waals surface area contributed by atoms with E-state index in [4.69, 9.17) is 16.0 Å². The molecule has 0 saturated carbocycles. The number of hydrazine groups is 1. The van der Waals surface area contributed by atoms with E-state index in [0.717, 1.165) is 0 Å². The minimum absolute atomic E-state index is 0.388. The van der Waals surface area contributed by atoms with Gasteiger partial charge in [0.1, 0.15) is 6.04 Å². The minimum Gasteiger partial charge on any atom is -0.480 e. The van der Waals surface area contributed by atoms with Gasteiger partial charge in [-0.25, -0.2) is 0 Å². The molecule has 0 amide bonds. The molecule has 1 atom stereocenters. The van der Waals surface area contributed by atoms with Gasteiger partial charge in [0.25, 0.3) is 0 Å². The van der Waals surface area contributed by atoms with Crippen molar-refractivity contribution < 1.29 is 15.1 Å². The molecule has 0 saturated heterocycles. The van der Waals surface area contributed by atoms with Crippen LogP contribution in [0.3, 0.4) is 0 Å². The van der Waals surface area contributed by atoms with Gasteiger partial charge in [0.2, 0.25) is 0 Å². The third-order valence-corrected chi connectivity index (χ3v) is 1.34. The van der Waals surface area contributed by atoms with E-state index in [2.05, 4.69) is 10.4 Å². The molecule has 0 aromatic rings. The molecule has 0 aromatic heterocycles. The molecule has 0 spiro atoms. The predicted octanol–water partition coefficient (Wildman–Crippen LogP) is -1.31. The van der Waals surface area contributed by atoms with Gasteiger partial charge in [0.15, 0.2) is 0 Å². The van der Waals surface area contributed by atoms with E-state index in [9.17, 15) is 4.79 Å². The van der Waals surface area contributed by atoms with Crippen LogP contribution < -0.4 is 16.7 Å². The molecular formula is C6H14N4O3. The maximum absolute atomic E-state index is 10.2. The highest BCUT2D eigenvalue weighted by Gasteiger charge is 2.09. The number of nitrogens with zero attached hydrogens (tertiary/aromatic N) is 1. The summed E-state index contributed by atoms with van der Waals surface area (Å²) in [6.07, 6.45) is 2.25. The van der Waals surface area contributed by atoms with Gasteiger partial charge in [0.05, 0.1) is 6.34 Å². The van der Waals surface area contributed by atoms with Gasteiger partial charge >= 0.3 is 5.97 Å². The van der Waals surface area contributed by atoms with E-state index in [1.54, 1.807) is 5.59 Å². The van der Waals surface area contributed by atoms with Crippen LogP contribution in [0.25, 0.3) is 0 Å². The van der Waals surface area contributed by atoms with Gasteiger partial charge in [-0.1, -0.05) is 0 Å². The van der Waals surface area contributed by atoms with Crippen LogP contribution in [0.2, 0.25) is 0 Å². The smallest absolute Gasteiger partial charge is 0.320 e. The summed E-state index contributed by atoms with van der Waals surface area (Å²) < 4.78 is 0. The molecule has 7 heteroatoms. The van der Waals surface area contributed by atoms with Crippen molar-refractivity contribution in [2.45, 2.75) is 18.9 Å². The van der Waals surface area contributed by atoms with Gasteiger partial charge in [-0.15, -0.1) is 5.59 Å². The molecule has 0 radical (unpaired) electrons. The maximum Gasteiger partial charge on any atom is 0.320 e. The third-order valence-electron chi connectivity index (χ3n) is 1.34. The number of rotatable bonds is 7. The summed E-state index contributed by atoms with van der Waals surface area (Å²) in [5.74, 6) is -1.00. The van der Waals surface area contributed by atoms with Crippen molar-refractivity contribution in [1.29, 1.82) is 0 Å². The van der Waals surface area contributed by atoms with E-state index in [1.807, 2.05) is 0 Å². The van der Waals surface area contributed by atoms with E-state index in [-0.39, 0.29) is 0 Å². The lowest BCUT2D eigenvalue weighted by Gasteiger charge is -2.03. The average Bonchev–Trinajstić information content (AvgIpc) is 2.10. The second-order valence-corrected chi connectivity index (χ2v) is 2.38. The molecule has 76 valence electrons. The molecule has 0 heterocycles. The van der Waals surface area contributed by atoms with Crippen molar-refractivity contribution in [3.8, 4) is 0 Å². The number of nitrogens with two attached hydrogens (primary N) is 1. The molecule has 7 nitrogen and oxygen atoms in total. The Morgan fingerprint density at radius 1 is 1.69 bits per heavy atom. The number of carbonyl (C=O) groups is 1. The standard InChI is InChI=1S/C6H14N4O3/c7-5(6(11)12)2-1-3-8-4-9-10-13/h4-5,10,13H,1-3,7H2,(H,8,9)(H,11,12). The third kappa shape index (κ3) is 7.19. The monoisotopic (exact) mass is 190 g/mol. The highest BCUT2D eigenvalue weighted by molar-refractivity contribution is 5.72. The van der Waals surface area contributed by atoms with Crippen LogP contribution in [0.1, 0.15) is 12.8 Å². The fourth-order valence-electron chi connectivity index (χ4n) is 0.665. The highest BCUT2D eigenvalue weighted by atomic mass is 16.5. The molecule has 6 N–H and O–H groups in total. The number of hydrogen-bond donors (Lipinski definition) is 5. The van der Waals surface area contributed by atoms with Crippen LogP contribution in [0, 0.1) is 0 Å². The van der Waals surface area contributed by atoms with Crippen LogP contribution in [0.4, 0.5) is 0 Å². The lowest BCUT2D eigenvalue weighted by Crippen LogP contribution is -2.30. The predicted molar refractivity (Wildman–Crippen MR) is 46.3 cm³/mol. The molecule has 0 fully saturated rings. The van der Waals surface area contributed by atoms with Crippen molar-refractivity contribution in [3.63, 3.8) is 0 Å². The van der Waals surface area contributed by atoms with Gasteiger partial charge < -0.3 is 10.8 Å². The number of hydrogen-bond acceptors (Lipinski definition) is 5. The van der Waals surface area contributed by atoms with Gasteiger partial charge in [-0.2, -0.15) is 0 Å². The van der Waals surface area contributed by atoms with Gasteiger partial charge in [-0.3, -0.25) is 20.4 Å². The second kappa shape index (κ2) is 7.47. The number of aliphatic carboxylic acids is 1. The number of nitrogens with one attached hydrogen (secondary N) is 2. The molecule has 0 aliphatic heterocycles. The van der Waals surface area contributed by atoms with Crippen LogP contribution in [0.15, 0.2) is 4.99 Å². The van der Waals surface area contributed by atoms with Gasteiger partial charge in [0, 0.05) is 6.54 Å². The lowest BCUT2D eigenvalue weighted by molar-refractivity contribution is -0.138. The van der Waals surface area contributed by atoms with Crippen LogP contribution in [0.5, 0.6) is 0 Å². The van der Waals surface area contributed by atoms with E-state index in [1.165, 1.54) is 6.34 Å². The van der Waals surface area contributed by atoms with Crippen LogP contribution >= 0.6 is 0 Å². The molecule has 0 rings (SSSR count). The molecule has 0 aliphatic carbocycles. The number of carboxylic acids is 1. The summed E-state index contributed by atoms with van der Waals surface area (Å²) in [5, 5.41) is 16.4. The molecule has 0 bridgehead atoms. The largest absolute Gasteiger partial charge is 0.480 e. The molecule has 13 heavy (non-hydrogen) atoms. The maximum atomic E-state index is 10.2. The Kier molecular flexibility index (Phi) is 6.79. The Labute approximate surface area is 75.6 Å². The molecule has 0 aliphatic rings. The Hall–Kier alpha value is -1.18. The zero-order valence-electron chi connectivity index (χ0n) is 7.10.